The van der Waals surface area contributed by atoms with Gasteiger partial charge >= 0.3 is 0 Å². The Labute approximate surface area is 162 Å². The van der Waals surface area contributed by atoms with Crippen molar-refractivity contribution in [3.05, 3.63) is 36.4 Å². The van der Waals surface area contributed by atoms with Crippen LogP contribution in [0, 0.1) is 17.8 Å². The summed E-state index contributed by atoms with van der Waals surface area (Å²) in [5.41, 5.74) is 2.34. The molecule has 0 unspecified atom stereocenters. The van der Waals surface area contributed by atoms with E-state index in [1.165, 1.54) is 37.9 Å². The van der Waals surface area contributed by atoms with Gasteiger partial charge in [-0.3, -0.25) is 4.79 Å². The largest absolute Gasteiger partial charge is 0.371 e. The normalized spacial score (nSPS) is 30.7. The van der Waals surface area contributed by atoms with Gasteiger partial charge in [0, 0.05) is 43.5 Å². The predicted molar refractivity (Wildman–Crippen MR) is 110 cm³/mol. The zero-order valence-electron chi connectivity index (χ0n) is 16.1. The van der Waals surface area contributed by atoms with Crippen LogP contribution in [0.25, 0.3) is 0 Å². The smallest absolute Gasteiger partial charge is 0.227 e. The van der Waals surface area contributed by atoms with E-state index in [0.29, 0.717) is 12.5 Å². The van der Waals surface area contributed by atoms with Gasteiger partial charge in [0.05, 0.1) is 0 Å². The third-order valence-corrected chi connectivity index (χ3v) is 7.16. The third-order valence-electron chi connectivity index (χ3n) is 7.16. The Morgan fingerprint density at radius 1 is 1.04 bits per heavy atom. The SMILES string of the molecule is O=C1CCCN1c1cccc(N2CCC(NC[C@@H]3C[C@@H]4C=C[C@H]3C4)CC2)c1. The summed E-state index contributed by atoms with van der Waals surface area (Å²) in [6.07, 6.45) is 11.8. The van der Waals surface area contributed by atoms with Crippen LogP contribution in [0.2, 0.25) is 0 Å². The third kappa shape index (κ3) is 3.52. The van der Waals surface area contributed by atoms with E-state index >= 15 is 0 Å². The van der Waals surface area contributed by atoms with Crippen LogP contribution in [-0.4, -0.2) is 38.1 Å². The minimum Gasteiger partial charge on any atom is -0.371 e. The second kappa shape index (κ2) is 7.31. The molecule has 2 bridgehead atoms. The van der Waals surface area contributed by atoms with Crippen LogP contribution in [0.5, 0.6) is 0 Å². The van der Waals surface area contributed by atoms with E-state index in [2.05, 4.69) is 46.6 Å². The van der Waals surface area contributed by atoms with Gasteiger partial charge in [-0.1, -0.05) is 18.2 Å². The summed E-state index contributed by atoms with van der Waals surface area (Å²) >= 11 is 0. The van der Waals surface area contributed by atoms with Gasteiger partial charge in [-0.2, -0.15) is 0 Å². The molecule has 4 nitrogen and oxygen atoms in total. The fraction of sp³-hybridized carbons (Fsp3) is 0.609. The molecule has 0 spiro atoms. The van der Waals surface area contributed by atoms with Crippen LogP contribution >= 0.6 is 0 Å². The summed E-state index contributed by atoms with van der Waals surface area (Å²) in [4.78, 5) is 16.5. The molecule has 0 radical (unpaired) electrons. The molecule has 3 atom stereocenters. The summed E-state index contributed by atoms with van der Waals surface area (Å²) in [6.45, 7) is 4.27. The van der Waals surface area contributed by atoms with E-state index in [1.807, 2.05) is 4.90 Å². The molecule has 2 saturated heterocycles. The van der Waals surface area contributed by atoms with Gasteiger partial charge in [0.25, 0.3) is 0 Å². The topological polar surface area (TPSA) is 35.6 Å². The lowest BCUT2D eigenvalue weighted by molar-refractivity contribution is -0.117. The Morgan fingerprint density at radius 3 is 2.59 bits per heavy atom. The molecule has 144 valence electrons. The molecule has 4 heteroatoms. The standard InChI is InChI=1S/C23H31N3O/c27-23-5-2-10-26(23)22-4-1-3-21(15-22)25-11-8-20(9-12-25)24-16-19-14-17-6-7-18(19)13-17/h1,3-4,6-7,15,17-20,24H,2,5,8-14,16H2/t17-,18+,19+/m1/s1. The van der Waals surface area contributed by atoms with Crippen LogP contribution in [0.15, 0.2) is 36.4 Å². The van der Waals surface area contributed by atoms with Crippen molar-refractivity contribution >= 4 is 17.3 Å². The van der Waals surface area contributed by atoms with Gasteiger partial charge in [0.2, 0.25) is 5.91 Å². The first-order valence-corrected chi connectivity index (χ1v) is 10.8. The lowest BCUT2D eigenvalue weighted by Gasteiger charge is -2.35. The average Bonchev–Trinajstić information content (AvgIpc) is 3.44. The van der Waals surface area contributed by atoms with Crippen LogP contribution in [0.4, 0.5) is 11.4 Å². The number of nitrogens with one attached hydrogen (secondary N) is 1. The number of amides is 1. The molecular weight excluding hydrogens is 334 g/mol. The summed E-state index contributed by atoms with van der Waals surface area (Å²) < 4.78 is 0. The van der Waals surface area contributed by atoms with Crippen molar-refractivity contribution in [1.82, 2.24) is 5.32 Å². The summed E-state index contributed by atoms with van der Waals surface area (Å²) in [5.74, 6) is 2.86. The highest BCUT2D eigenvalue weighted by Crippen LogP contribution is 2.43. The number of carbonyl (C=O) groups excluding carboxylic acids is 1. The maximum Gasteiger partial charge on any atom is 0.227 e. The van der Waals surface area contributed by atoms with Crippen LogP contribution in [0.3, 0.4) is 0 Å². The molecule has 2 aliphatic heterocycles. The minimum atomic E-state index is 0.269. The van der Waals surface area contributed by atoms with Crippen molar-refractivity contribution in [2.75, 3.05) is 36.0 Å². The summed E-state index contributed by atoms with van der Waals surface area (Å²) in [6, 6.07) is 9.24. The molecule has 1 amide bonds. The van der Waals surface area contributed by atoms with Gasteiger partial charge in [0.15, 0.2) is 0 Å². The Hall–Kier alpha value is -1.81. The molecule has 2 aliphatic carbocycles. The van der Waals surface area contributed by atoms with Crippen molar-refractivity contribution in [2.24, 2.45) is 17.8 Å². The van der Waals surface area contributed by atoms with Crippen molar-refractivity contribution < 1.29 is 4.79 Å². The predicted octanol–water partition coefficient (Wildman–Crippen LogP) is 3.58. The number of hydrogen-bond donors (Lipinski definition) is 1. The molecule has 1 saturated carbocycles. The lowest BCUT2D eigenvalue weighted by Crippen LogP contribution is -2.44. The highest BCUT2D eigenvalue weighted by Gasteiger charge is 2.35. The van der Waals surface area contributed by atoms with Crippen LogP contribution in [-0.2, 0) is 4.79 Å². The molecule has 1 aromatic carbocycles. The number of rotatable bonds is 5. The Kier molecular flexibility index (Phi) is 4.68. The van der Waals surface area contributed by atoms with Gasteiger partial charge < -0.3 is 15.1 Å². The number of nitrogens with zero attached hydrogens (tertiary/aromatic N) is 2. The minimum absolute atomic E-state index is 0.269. The number of benzene rings is 1. The Balaban J connectivity index is 1.14. The average molecular weight is 366 g/mol. The highest BCUT2D eigenvalue weighted by atomic mass is 16.2. The van der Waals surface area contributed by atoms with E-state index in [4.69, 9.17) is 0 Å². The molecule has 3 fully saturated rings. The van der Waals surface area contributed by atoms with Crippen LogP contribution < -0.4 is 15.1 Å². The van der Waals surface area contributed by atoms with E-state index in [-0.39, 0.29) is 5.91 Å². The molecule has 1 aromatic rings. The Morgan fingerprint density at radius 2 is 1.89 bits per heavy atom. The second-order valence-corrected chi connectivity index (χ2v) is 8.88. The second-order valence-electron chi connectivity index (χ2n) is 8.88. The highest BCUT2D eigenvalue weighted by molar-refractivity contribution is 5.95. The van der Waals surface area contributed by atoms with E-state index in [9.17, 15) is 4.79 Å². The fourth-order valence-electron chi connectivity index (χ4n) is 5.57. The van der Waals surface area contributed by atoms with Crippen molar-refractivity contribution in [3.8, 4) is 0 Å². The fourth-order valence-corrected chi connectivity index (χ4v) is 5.57. The van der Waals surface area contributed by atoms with Crippen molar-refractivity contribution in [1.29, 1.82) is 0 Å². The maximum absolute atomic E-state index is 12.0. The molecule has 1 N–H and O–H groups in total. The zero-order valence-corrected chi connectivity index (χ0v) is 16.1. The van der Waals surface area contributed by atoms with Gasteiger partial charge in [-0.15, -0.1) is 0 Å². The number of piperidine rings is 1. The zero-order chi connectivity index (χ0) is 18.2. The number of hydrogen-bond acceptors (Lipinski definition) is 3. The van der Waals surface area contributed by atoms with E-state index in [0.717, 1.165) is 49.5 Å². The molecule has 27 heavy (non-hydrogen) atoms. The van der Waals surface area contributed by atoms with Gasteiger partial charge in [-0.05, 0) is 74.6 Å². The maximum atomic E-state index is 12.0. The van der Waals surface area contributed by atoms with Gasteiger partial charge in [0.1, 0.15) is 0 Å². The first-order valence-electron chi connectivity index (χ1n) is 10.8. The summed E-state index contributed by atoms with van der Waals surface area (Å²) in [7, 11) is 0. The quantitative estimate of drug-likeness (QED) is 0.810. The van der Waals surface area contributed by atoms with E-state index in [1.54, 1.807) is 0 Å². The number of allylic oxidation sites excluding steroid dienone is 2. The molecular formula is C23H31N3O. The number of carbonyl (C=O) groups is 1. The van der Waals surface area contributed by atoms with E-state index < -0.39 is 0 Å². The lowest BCUT2D eigenvalue weighted by atomic mass is 9.93. The first kappa shape index (κ1) is 17.3. The number of anilines is 2. The first-order chi connectivity index (χ1) is 13.3. The molecule has 2 heterocycles. The molecule has 0 aromatic heterocycles. The van der Waals surface area contributed by atoms with Gasteiger partial charge in [-0.25, -0.2) is 0 Å². The van der Waals surface area contributed by atoms with Crippen molar-refractivity contribution in [3.63, 3.8) is 0 Å². The Bertz CT molecular complexity index is 722. The summed E-state index contributed by atoms with van der Waals surface area (Å²) in [5, 5.41) is 3.87. The van der Waals surface area contributed by atoms with Crippen molar-refractivity contribution in [2.45, 2.75) is 44.6 Å². The molecule has 5 rings (SSSR count). The molecule has 4 aliphatic rings. The van der Waals surface area contributed by atoms with Crippen LogP contribution in [0.1, 0.15) is 38.5 Å². The number of fused-ring (bicyclic) bond motifs is 2. The monoisotopic (exact) mass is 365 g/mol.